The van der Waals surface area contributed by atoms with Gasteiger partial charge in [-0.15, -0.1) is 23.8 Å². The van der Waals surface area contributed by atoms with Crippen molar-refractivity contribution >= 4 is 15.9 Å². The molecule has 0 spiro atoms. The summed E-state index contributed by atoms with van der Waals surface area (Å²) in [5.41, 5.74) is 8.89. The van der Waals surface area contributed by atoms with Crippen molar-refractivity contribution in [3.05, 3.63) is 138 Å². The Morgan fingerprint density at radius 2 is 1.44 bits per heavy atom. The Morgan fingerprint density at radius 1 is 0.781 bits per heavy atom. The summed E-state index contributed by atoms with van der Waals surface area (Å²) in [7, 11) is 0. The van der Waals surface area contributed by atoms with Crippen molar-refractivity contribution in [2.45, 2.75) is 6.42 Å². The molecular weight excluding hydrogens is 510 g/mol. The van der Waals surface area contributed by atoms with E-state index in [-0.39, 0.29) is 24.8 Å². The smallest absolute Gasteiger partial charge is 0.172 e. The maximum absolute atomic E-state index is 3.82. The molecule has 32 heavy (non-hydrogen) atoms. The summed E-state index contributed by atoms with van der Waals surface area (Å²) >= 11 is 1.46. The standard InChI is InChI=1S/C17H13.C7H6.C5H5.2ClH.Zr/c1-3-12-5-7-14-11-15-8-6-13(4-2)10-17(15)16(14)9-12;1-7-5-3-2-4-6-7;1-2-4-5-3-1;;;/h3-7,9-10H,1-2,11H2;1-6H;1-5H;2*1H;/q-1;;-1;;;+2/p-2. The van der Waals surface area contributed by atoms with Gasteiger partial charge in [0.15, 0.2) is 0 Å². The fraction of sp³-hybridized carbons (Fsp3) is 0.0345. The molecule has 3 heteroatoms. The van der Waals surface area contributed by atoms with Gasteiger partial charge in [-0.1, -0.05) is 42.0 Å². The zero-order valence-corrected chi connectivity index (χ0v) is 21.7. The average molecular weight is 535 g/mol. The minimum Gasteiger partial charge on any atom is -0.214 e. The molecule has 0 aromatic heterocycles. The summed E-state index contributed by atoms with van der Waals surface area (Å²) in [6, 6.07) is 34.4. The number of rotatable bonds is 3. The monoisotopic (exact) mass is 532 g/mol. The Labute approximate surface area is 219 Å². The van der Waals surface area contributed by atoms with E-state index >= 15 is 0 Å². The first kappa shape index (κ1) is 27.9. The molecule has 0 unspecified atom stereocenters. The predicted molar refractivity (Wildman–Crippen MR) is 127 cm³/mol. The Bertz CT molecular complexity index is 1040. The third kappa shape index (κ3) is 7.75. The third-order valence-corrected chi connectivity index (χ3v) is 5.65. The molecule has 0 atom stereocenters. The van der Waals surface area contributed by atoms with Crippen LogP contribution in [0.25, 0.3) is 23.3 Å². The number of fused-ring (bicyclic) bond motifs is 3. The van der Waals surface area contributed by atoms with Gasteiger partial charge in [-0.3, -0.25) is 0 Å². The van der Waals surface area contributed by atoms with Crippen LogP contribution in [0.15, 0.2) is 104 Å². The van der Waals surface area contributed by atoms with Crippen molar-refractivity contribution < 1.29 is 49.0 Å². The largest absolute Gasteiger partial charge is 0.214 e. The molecule has 0 bridgehead atoms. The molecule has 0 saturated carbocycles. The zero-order chi connectivity index (χ0) is 21.2. The van der Waals surface area contributed by atoms with Crippen molar-refractivity contribution in [2.24, 2.45) is 0 Å². The molecule has 0 heterocycles. The van der Waals surface area contributed by atoms with E-state index in [0.717, 1.165) is 12.0 Å². The van der Waals surface area contributed by atoms with Crippen LogP contribution in [0.5, 0.6) is 0 Å². The van der Waals surface area contributed by atoms with Crippen LogP contribution in [-0.4, -0.2) is 3.71 Å². The van der Waals surface area contributed by atoms with Crippen LogP contribution in [0.1, 0.15) is 27.8 Å². The Balaban J connectivity index is 0.000000286. The van der Waals surface area contributed by atoms with Gasteiger partial charge in [-0.25, -0.2) is 12.1 Å². The molecule has 4 aromatic rings. The summed E-state index contributed by atoms with van der Waals surface area (Å²) in [6.45, 7) is 7.63. The fourth-order valence-corrected chi connectivity index (χ4v) is 3.71. The van der Waals surface area contributed by atoms with Gasteiger partial charge in [-0.2, -0.15) is 42.0 Å². The van der Waals surface area contributed by atoms with Crippen LogP contribution in [0.3, 0.4) is 0 Å². The molecule has 0 nitrogen and oxygen atoms in total. The van der Waals surface area contributed by atoms with Crippen LogP contribution in [-0.2, 0) is 30.7 Å². The predicted octanol–water partition coefficient (Wildman–Crippen LogP) is 1.14. The van der Waals surface area contributed by atoms with Crippen molar-refractivity contribution in [1.82, 2.24) is 0 Å². The minimum absolute atomic E-state index is 0. The number of benzene rings is 3. The zero-order valence-electron chi connectivity index (χ0n) is 17.8. The van der Waals surface area contributed by atoms with Gasteiger partial charge in [0.25, 0.3) is 0 Å². The molecule has 160 valence electrons. The number of hydrogen-bond donors (Lipinski definition) is 0. The Morgan fingerprint density at radius 3 is 1.97 bits per heavy atom. The van der Waals surface area contributed by atoms with Gasteiger partial charge in [0.05, 0.1) is 0 Å². The topological polar surface area (TPSA) is 0 Å². The van der Waals surface area contributed by atoms with E-state index in [4.69, 9.17) is 0 Å². The Kier molecular flexibility index (Phi) is 12.9. The first-order chi connectivity index (χ1) is 14.7. The van der Waals surface area contributed by atoms with Crippen molar-refractivity contribution in [3.8, 4) is 11.1 Å². The maximum Gasteiger partial charge on any atom is -0.172 e. The molecule has 0 saturated heterocycles. The van der Waals surface area contributed by atoms with E-state index in [1.165, 1.54) is 57.6 Å². The molecule has 0 amide bonds. The van der Waals surface area contributed by atoms with Crippen molar-refractivity contribution in [3.63, 3.8) is 0 Å². The second kappa shape index (κ2) is 14.8. The van der Waals surface area contributed by atoms with E-state index in [2.05, 4.69) is 71.5 Å². The summed E-state index contributed by atoms with van der Waals surface area (Å²) in [5.74, 6) is 0. The molecule has 1 aliphatic rings. The Hall–Kier alpha value is -2.18. The fourth-order valence-electron chi connectivity index (χ4n) is 3.23. The van der Waals surface area contributed by atoms with E-state index in [1.807, 2.05) is 54.6 Å². The first-order valence-electron chi connectivity index (χ1n) is 9.90. The van der Waals surface area contributed by atoms with Gasteiger partial charge in [0, 0.05) is 0 Å². The first-order valence-corrected chi connectivity index (χ1v) is 11.3. The van der Waals surface area contributed by atoms with Gasteiger partial charge < -0.3 is 24.8 Å². The van der Waals surface area contributed by atoms with Gasteiger partial charge in [-0.05, 0) is 12.0 Å². The minimum atomic E-state index is 0. The molecule has 5 rings (SSSR count). The summed E-state index contributed by atoms with van der Waals surface area (Å²) in [5, 5.41) is 0. The van der Waals surface area contributed by atoms with E-state index in [0.29, 0.717) is 0 Å². The van der Waals surface area contributed by atoms with Gasteiger partial charge >= 0.3 is 63.8 Å². The normalized spacial score (nSPS) is 9.69. The molecule has 0 N–H and O–H groups in total. The maximum atomic E-state index is 3.82. The number of hydrogen-bond acceptors (Lipinski definition) is 0. The second-order valence-electron chi connectivity index (χ2n) is 6.84. The molecule has 0 radical (unpaired) electrons. The van der Waals surface area contributed by atoms with Crippen LogP contribution in [0.4, 0.5) is 0 Å². The van der Waals surface area contributed by atoms with Crippen LogP contribution in [0.2, 0.25) is 0 Å². The summed E-state index contributed by atoms with van der Waals surface area (Å²) in [6.07, 6.45) is 4.74. The summed E-state index contributed by atoms with van der Waals surface area (Å²) in [4.78, 5) is 0. The van der Waals surface area contributed by atoms with Crippen molar-refractivity contribution in [2.75, 3.05) is 0 Å². The quantitative estimate of drug-likeness (QED) is 0.305. The van der Waals surface area contributed by atoms with Crippen molar-refractivity contribution in [1.29, 1.82) is 0 Å². The summed E-state index contributed by atoms with van der Waals surface area (Å²) < 4.78 is 2.17. The van der Waals surface area contributed by atoms with E-state index < -0.39 is 0 Å². The van der Waals surface area contributed by atoms with Crippen LogP contribution in [0, 0.1) is 6.07 Å². The van der Waals surface area contributed by atoms with Gasteiger partial charge in [0.1, 0.15) is 0 Å². The van der Waals surface area contributed by atoms with E-state index in [9.17, 15) is 0 Å². The molecule has 1 aliphatic carbocycles. The average Bonchev–Trinajstić information content (AvgIpc) is 3.51. The second-order valence-corrected chi connectivity index (χ2v) is 7.55. The van der Waals surface area contributed by atoms with E-state index in [1.54, 1.807) is 0 Å². The third-order valence-electron chi connectivity index (χ3n) is 4.83. The molecular formula is C29H24Cl2Zr-2. The van der Waals surface area contributed by atoms with Gasteiger partial charge in [0.2, 0.25) is 0 Å². The SMILES string of the molecule is C=Cc1c[c-]c2c(c1)-c1cc(C=C)ccc1C2.[Cl-].[Cl-].[Zr+2]=[CH]c1ccccc1.c1cc[cH-]c1. The van der Waals surface area contributed by atoms with Crippen LogP contribution >= 0.6 is 0 Å². The molecule has 0 aliphatic heterocycles. The number of halogens is 2. The molecule has 4 aromatic carbocycles. The molecule has 0 fully saturated rings. The van der Waals surface area contributed by atoms with Crippen LogP contribution < -0.4 is 24.8 Å².